The van der Waals surface area contributed by atoms with Crippen molar-refractivity contribution in [1.82, 2.24) is 0 Å². The van der Waals surface area contributed by atoms with Gasteiger partial charge in [-0.2, -0.15) is 0 Å². The molecule has 80 valence electrons. The van der Waals surface area contributed by atoms with Gasteiger partial charge in [0.1, 0.15) is 20.4 Å². The summed E-state index contributed by atoms with van der Waals surface area (Å²) < 4.78 is 0. The average molecular weight is 238 g/mol. The first-order valence-corrected chi connectivity index (χ1v) is 3.65. The largest absolute Gasteiger partial charge is 0.307 e. The standard InChI is InChI=1S/C7H8.3CH2O.Fe/c1-2-4-7(3-1)5-6-7;3*1-2;/h1-4H,5-6H2;3*1H2;. The molecule has 0 N–H and O–H groups in total. The first kappa shape index (κ1) is 18.7. The summed E-state index contributed by atoms with van der Waals surface area (Å²) in [5, 5.41) is 0. The molecule has 0 saturated heterocycles. The number of hydrogen-bond donors (Lipinski definition) is 0. The molecule has 0 radical (unpaired) electrons. The van der Waals surface area contributed by atoms with E-state index >= 15 is 0 Å². The molecule has 4 heteroatoms. The van der Waals surface area contributed by atoms with E-state index in [1.54, 1.807) is 0 Å². The summed E-state index contributed by atoms with van der Waals surface area (Å²) in [6, 6.07) is 0. The molecule has 1 saturated carbocycles. The van der Waals surface area contributed by atoms with E-state index in [-0.39, 0.29) is 17.1 Å². The van der Waals surface area contributed by atoms with Gasteiger partial charge in [0.15, 0.2) is 0 Å². The molecule has 2 aliphatic rings. The summed E-state index contributed by atoms with van der Waals surface area (Å²) in [4.78, 5) is 24.0. The second-order valence-corrected chi connectivity index (χ2v) is 2.45. The molecular formula is C10H14FeO3. The normalized spacial score (nSPS) is 15.7. The number of carbonyl (C=O) groups is 3. The van der Waals surface area contributed by atoms with Crippen LogP contribution in [0.2, 0.25) is 0 Å². The zero-order valence-electron chi connectivity index (χ0n) is 7.92. The predicted octanol–water partition coefficient (Wildman–Crippen LogP) is 1.34. The Bertz CT molecular complexity index is 167. The van der Waals surface area contributed by atoms with Gasteiger partial charge in [0, 0.05) is 22.5 Å². The van der Waals surface area contributed by atoms with Crippen molar-refractivity contribution in [1.29, 1.82) is 0 Å². The molecule has 0 amide bonds. The Morgan fingerprint density at radius 2 is 1.07 bits per heavy atom. The van der Waals surface area contributed by atoms with Crippen molar-refractivity contribution in [2.45, 2.75) is 12.8 Å². The van der Waals surface area contributed by atoms with Crippen molar-refractivity contribution < 1.29 is 31.5 Å². The van der Waals surface area contributed by atoms with Crippen molar-refractivity contribution in [2.24, 2.45) is 5.41 Å². The van der Waals surface area contributed by atoms with Crippen LogP contribution in [0.4, 0.5) is 0 Å². The molecule has 1 fully saturated rings. The monoisotopic (exact) mass is 238 g/mol. The van der Waals surface area contributed by atoms with Gasteiger partial charge in [-0.3, -0.25) is 0 Å². The molecule has 0 aromatic carbocycles. The summed E-state index contributed by atoms with van der Waals surface area (Å²) in [5.74, 6) is 0. The Morgan fingerprint density at radius 1 is 0.786 bits per heavy atom. The van der Waals surface area contributed by atoms with Crippen LogP contribution in [-0.4, -0.2) is 20.4 Å². The molecular weight excluding hydrogens is 224 g/mol. The SMILES string of the molecule is C1=CC2(C=C1)CC2.C=O.C=O.C=O.[Fe]. The summed E-state index contributed by atoms with van der Waals surface area (Å²) in [6.45, 7) is 6.00. The van der Waals surface area contributed by atoms with Gasteiger partial charge in [-0.05, 0) is 12.8 Å². The predicted molar refractivity (Wildman–Crippen MR) is 51.3 cm³/mol. The van der Waals surface area contributed by atoms with Crippen molar-refractivity contribution in [3.8, 4) is 0 Å². The minimum Gasteiger partial charge on any atom is -0.307 e. The maximum atomic E-state index is 8.00. The van der Waals surface area contributed by atoms with Crippen LogP contribution in [0.5, 0.6) is 0 Å². The smallest absolute Gasteiger partial charge is 0.106 e. The maximum absolute atomic E-state index is 8.00. The van der Waals surface area contributed by atoms with Gasteiger partial charge in [-0.25, -0.2) is 0 Å². The van der Waals surface area contributed by atoms with E-state index in [1.807, 2.05) is 20.4 Å². The van der Waals surface area contributed by atoms with E-state index in [2.05, 4.69) is 24.3 Å². The summed E-state index contributed by atoms with van der Waals surface area (Å²) in [6.07, 6.45) is 11.7. The quantitative estimate of drug-likeness (QED) is 0.598. The zero-order chi connectivity index (χ0) is 10.7. The van der Waals surface area contributed by atoms with Crippen LogP contribution in [0.15, 0.2) is 24.3 Å². The molecule has 0 unspecified atom stereocenters. The van der Waals surface area contributed by atoms with Crippen LogP contribution in [0.1, 0.15) is 12.8 Å². The van der Waals surface area contributed by atoms with Crippen LogP contribution in [0, 0.1) is 5.41 Å². The van der Waals surface area contributed by atoms with Crippen LogP contribution >= 0.6 is 0 Å². The first-order chi connectivity index (χ1) is 6.41. The molecule has 0 bridgehead atoms. The summed E-state index contributed by atoms with van der Waals surface area (Å²) in [7, 11) is 0. The molecule has 0 aromatic rings. The Hall–Kier alpha value is -0.991. The minimum absolute atomic E-state index is 0. The number of allylic oxidation sites excluding steroid dienone is 4. The van der Waals surface area contributed by atoms with E-state index in [0.717, 1.165) is 0 Å². The van der Waals surface area contributed by atoms with Crippen LogP contribution in [0.3, 0.4) is 0 Å². The van der Waals surface area contributed by atoms with Crippen molar-refractivity contribution >= 4 is 20.4 Å². The third-order valence-electron chi connectivity index (χ3n) is 1.79. The second-order valence-electron chi connectivity index (χ2n) is 2.45. The molecule has 2 rings (SSSR count). The molecule has 1 spiro atoms. The van der Waals surface area contributed by atoms with E-state index < -0.39 is 0 Å². The number of rotatable bonds is 0. The van der Waals surface area contributed by atoms with Crippen molar-refractivity contribution in [2.75, 3.05) is 0 Å². The van der Waals surface area contributed by atoms with Crippen LogP contribution < -0.4 is 0 Å². The first-order valence-electron chi connectivity index (χ1n) is 3.65. The average Bonchev–Trinajstić information content (AvgIpc) is 2.84. The van der Waals surface area contributed by atoms with Crippen LogP contribution in [0.25, 0.3) is 0 Å². The maximum Gasteiger partial charge on any atom is 0.106 e. The fourth-order valence-electron chi connectivity index (χ4n) is 1.03. The summed E-state index contributed by atoms with van der Waals surface area (Å²) in [5.41, 5.74) is 0.583. The van der Waals surface area contributed by atoms with E-state index in [0.29, 0.717) is 5.41 Å². The molecule has 0 atom stereocenters. The van der Waals surface area contributed by atoms with Gasteiger partial charge < -0.3 is 14.4 Å². The fraction of sp³-hybridized carbons (Fsp3) is 0.300. The van der Waals surface area contributed by atoms with E-state index in [4.69, 9.17) is 14.4 Å². The van der Waals surface area contributed by atoms with Crippen LogP contribution in [-0.2, 0) is 31.5 Å². The molecule has 14 heavy (non-hydrogen) atoms. The molecule has 0 heterocycles. The van der Waals surface area contributed by atoms with Gasteiger partial charge in [0.2, 0.25) is 0 Å². The third kappa shape index (κ3) is 6.52. The third-order valence-corrected chi connectivity index (χ3v) is 1.79. The second kappa shape index (κ2) is 12.0. The minimum atomic E-state index is 0. The van der Waals surface area contributed by atoms with Gasteiger partial charge in [0.25, 0.3) is 0 Å². The molecule has 2 aliphatic carbocycles. The summed E-state index contributed by atoms with van der Waals surface area (Å²) >= 11 is 0. The fourth-order valence-corrected chi connectivity index (χ4v) is 1.03. The Kier molecular flexibility index (Phi) is 16.1. The van der Waals surface area contributed by atoms with Crippen molar-refractivity contribution in [3.05, 3.63) is 24.3 Å². The Balaban J connectivity index is -0.000000153. The molecule has 0 aromatic heterocycles. The van der Waals surface area contributed by atoms with Gasteiger partial charge in [0.05, 0.1) is 0 Å². The number of hydrogen-bond acceptors (Lipinski definition) is 3. The van der Waals surface area contributed by atoms with Gasteiger partial charge in [-0.15, -0.1) is 0 Å². The Morgan fingerprint density at radius 3 is 1.21 bits per heavy atom. The van der Waals surface area contributed by atoms with E-state index in [1.165, 1.54) is 12.8 Å². The Labute approximate surface area is 94.7 Å². The van der Waals surface area contributed by atoms with Crippen molar-refractivity contribution in [3.63, 3.8) is 0 Å². The number of carbonyl (C=O) groups excluding carboxylic acids is 3. The molecule has 3 nitrogen and oxygen atoms in total. The topological polar surface area (TPSA) is 51.2 Å². The van der Waals surface area contributed by atoms with Gasteiger partial charge in [-0.1, -0.05) is 24.3 Å². The zero-order valence-corrected chi connectivity index (χ0v) is 9.03. The van der Waals surface area contributed by atoms with E-state index in [9.17, 15) is 0 Å². The molecule has 0 aliphatic heterocycles. The van der Waals surface area contributed by atoms with Gasteiger partial charge >= 0.3 is 0 Å².